The molecule has 0 amide bonds. The Bertz CT molecular complexity index is 164. The number of carboxylic acids is 1. The van der Waals surface area contributed by atoms with Crippen molar-refractivity contribution in [3.8, 4) is 0 Å². The molecule has 0 unspecified atom stereocenters. The molecule has 4 nitrogen and oxygen atoms in total. The van der Waals surface area contributed by atoms with Gasteiger partial charge >= 0.3 is 43.7 Å². The zero-order valence-corrected chi connectivity index (χ0v) is 9.07. The van der Waals surface area contributed by atoms with Crippen molar-refractivity contribution in [3.63, 3.8) is 0 Å². The average molecular weight is 202 g/mol. The summed E-state index contributed by atoms with van der Waals surface area (Å²) in [7, 11) is 0. The van der Waals surface area contributed by atoms with Crippen molar-refractivity contribution >= 4 is 43.7 Å². The number of carbonyl (C=O) groups is 1. The Hall–Kier alpha value is 0.390. The van der Waals surface area contributed by atoms with E-state index in [0.29, 0.717) is 0 Å². The van der Waals surface area contributed by atoms with Gasteiger partial charge in [-0.1, -0.05) is 6.58 Å². The van der Waals surface area contributed by atoms with Crippen molar-refractivity contribution in [1.82, 2.24) is 0 Å². The molecule has 5 heteroatoms. The van der Waals surface area contributed by atoms with Gasteiger partial charge in [0.25, 0.3) is 0 Å². The zero-order valence-electron chi connectivity index (χ0n) is 8.86. The van der Waals surface area contributed by atoms with Crippen LogP contribution in [0.15, 0.2) is 12.7 Å². The van der Waals surface area contributed by atoms with Crippen LogP contribution in [0, 0.1) is 0 Å². The van der Waals surface area contributed by atoms with Crippen molar-refractivity contribution in [2.24, 2.45) is 0 Å². The predicted molar refractivity (Wildman–Crippen MR) is 46.8 cm³/mol. The molecule has 0 aromatic carbocycles. The molecular formula is C7H14CaO4. The molecule has 0 fully saturated rings. The van der Waals surface area contributed by atoms with Gasteiger partial charge in [-0.25, -0.2) is 0 Å². The minimum absolute atomic E-state index is 0. The number of carboxylic acid groups (broad SMARTS) is 1. The van der Waals surface area contributed by atoms with Gasteiger partial charge in [0.05, 0.1) is 0 Å². The topological polar surface area (TPSA) is 77.8 Å². The molecule has 68 valence electrons. The summed E-state index contributed by atoms with van der Waals surface area (Å²) in [6, 6.07) is 0. The molecule has 0 aromatic rings. The van der Waals surface area contributed by atoms with Gasteiger partial charge in [-0.05, 0) is 12.5 Å². The molecular weight excluding hydrogens is 188 g/mol. The first-order valence-corrected chi connectivity index (χ1v) is 3.28. The average Bonchev–Trinajstić information content (AvgIpc) is 1.87. The Kier molecular flexibility index (Phi) is 8.51. The second-order valence-electron chi connectivity index (χ2n) is 2.33. The summed E-state index contributed by atoms with van der Waals surface area (Å²) in [4.78, 5) is 9.98. The standard InChI is InChI=1S/C7H12O4.Ca.2H/c1-2-7(10,11)5-3-4-6(8)9;;;/h2,10-11H,1,3-5H2,(H,8,9);;;/q;+2;2*-1. The van der Waals surface area contributed by atoms with Gasteiger partial charge in [0.1, 0.15) is 0 Å². The fraction of sp³-hybridized carbons (Fsp3) is 0.571. The van der Waals surface area contributed by atoms with Gasteiger partial charge in [0.15, 0.2) is 5.79 Å². The number of aliphatic carboxylic acids is 1. The Morgan fingerprint density at radius 1 is 1.58 bits per heavy atom. The van der Waals surface area contributed by atoms with Crippen LogP contribution >= 0.6 is 0 Å². The van der Waals surface area contributed by atoms with Crippen LogP contribution in [0.25, 0.3) is 0 Å². The van der Waals surface area contributed by atoms with Gasteiger partial charge in [-0.15, -0.1) is 0 Å². The number of hydrogen-bond acceptors (Lipinski definition) is 3. The van der Waals surface area contributed by atoms with Gasteiger partial charge in [0.2, 0.25) is 0 Å². The number of aliphatic hydroxyl groups is 2. The third kappa shape index (κ3) is 8.49. The Morgan fingerprint density at radius 2 is 2.08 bits per heavy atom. The molecule has 0 spiro atoms. The van der Waals surface area contributed by atoms with E-state index in [1.165, 1.54) is 0 Å². The van der Waals surface area contributed by atoms with Crippen molar-refractivity contribution in [2.75, 3.05) is 0 Å². The molecule has 0 heterocycles. The van der Waals surface area contributed by atoms with Crippen molar-refractivity contribution in [2.45, 2.75) is 25.0 Å². The summed E-state index contributed by atoms with van der Waals surface area (Å²) in [6.45, 7) is 3.18. The van der Waals surface area contributed by atoms with E-state index in [1.807, 2.05) is 0 Å². The minimum atomic E-state index is -1.92. The molecule has 0 radical (unpaired) electrons. The Balaban J connectivity index is -0.000000167. The molecule has 3 N–H and O–H groups in total. The Labute approximate surface area is 104 Å². The van der Waals surface area contributed by atoms with Crippen molar-refractivity contribution in [1.29, 1.82) is 0 Å². The normalized spacial score (nSPS) is 10.2. The first-order valence-electron chi connectivity index (χ1n) is 3.28. The van der Waals surface area contributed by atoms with Gasteiger partial charge < -0.3 is 18.2 Å². The summed E-state index contributed by atoms with van der Waals surface area (Å²) in [6.07, 6.45) is 1.16. The molecule has 0 aliphatic heterocycles. The molecule has 0 rings (SSSR count). The van der Waals surface area contributed by atoms with E-state index in [0.717, 1.165) is 6.08 Å². The van der Waals surface area contributed by atoms with Crippen LogP contribution in [0.5, 0.6) is 0 Å². The molecule has 0 aromatic heterocycles. The third-order valence-corrected chi connectivity index (χ3v) is 1.26. The molecule has 0 aliphatic carbocycles. The van der Waals surface area contributed by atoms with Crippen LogP contribution in [-0.4, -0.2) is 64.8 Å². The molecule has 0 aliphatic rings. The maximum atomic E-state index is 9.98. The molecule has 0 saturated carbocycles. The Morgan fingerprint density at radius 3 is 2.42 bits per heavy atom. The van der Waals surface area contributed by atoms with Gasteiger partial charge in [0, 0.05) is 12.8 Å². The van der Waals surface area contributed by atoms with Gasteiger partial charge in [-0.2, -0.15) is 0 Å². The van der Waals surface area contributed by atoms with E-state index in [4.69, 9.17) is 15.3 Å². The smallest absolute Gasteiger partial charge is 1.00 e. The number of rotatable bonds is 5. The quantitative estimate of drug-likeness (QED) is 0.332. The van der Waals surface area contributed by atoms with Gasteiger partial charge in [-0.3, -0.25) is 4.79 Å². The largest absolute Gasteiger partial charge is 2.00 e. The second kappa shape index (κ2) is 6.86. The van der Waals surface area contributed by atoms with Crippen LogP contribution in [0.1, 0.15) is 22.1 Å². The van der Waals surface area contributed by atoms with E-state index in [2.05, 4.69) is 6.58 Å². The van der Waals surface area contributed by atoms with E-state index >= 15 is 0 Å². The van der Waals surface area contributed by atoms with E-state index in [-0.39, 0.29) is 59.9 Å². The van der Waals surface area contributed by atoms with Crippen LogP contribution in [0.3, 0.4) is 0 Å². The summed E-state index contributed by atoms with van der Waals surface area (Å²) in [5, 5.41) is 26.0. The third-order valence-electron chi connectivity index (χ3n) is 1.26. The SMILES string of the molecule is C=CC(O)(O)CCCC(=O)O.[Ca+2].[H-].[H-]. The van der Waals surface area contributed by atoms with Crippen LogP contribution in [0.2, 0.25) is 0 Å². The van der Waals surface area contributed by atoms with Crippen LogP contribution in [0.4, 0.5) is 0 Å². The summed E-state index contributed by atoms with van der Waals surface area (Å²) < 4.78 is 0. The molecule has 0 saturated heterocycles. The maximum absolute atomic E-state index is 9.98. The molecule has 12 heavy (non-hydrogen) atoms. The fourth-order valence-electron chi connectivity index (χ4n) is 0.602. The first kappa shape index (κ1) is 14.9. The number of hydrogen-bond donors (Lipinski definition) is 3. The second-order valence-corrected chi connectivity index (χ2v) is 2.33. The van der Waals surface area contributed by atoms with E-state index < -0.39 is 11.8 Å². The van der Waals surface area contributed by atoms with E-state index in [9.17, 15) is 4.79 Å². The van der Waals surface area contributed by atoms with Crippen LogP contribution in [-0.2, 0) is 4.79 Å². The van der Waals surface area contributed by atoms with E-state index in [1.54, 1.807) is 0 Å². The summed E-state index contributed by atoms with van der Waals surface area (Å²) >= 11 is 0. The minimum Gasteiger partial charge on any atom is -1.00 e. The van der Waals surface area contributed by atoms with Crippen molar-refractivity contribution in [3.05, 3.63) is 12.7 Å². The molecule has 0 bridgehead atoms. The predicted octanol–water partition coefficient (Wildman–Crippen LogP) is -0.0476. The molecule has 0 atom stereocenters. The fourth-order valence-corrected chi connectivity index (χ4v) is 0.602. The monoisotopic (exact) mass is 202 g/mol. The first-order chi connectivity index (χ1) is 4.98. The van der Waals surface area contributed by atoms with Crippen molar-refractivity contribution < 1.29 is 23.0 Å². The zero-order chi connectivity index (χ0) is 8.91. The summed E-state index contributed by atoms with van der Waals surface area (Å²) in [5.41, 5.74) is 0. The summed E-state index contributed by atoms with van der Waals surface area (Å²) in [5.74, 6) is -2.86. The maximum Gasteiger partial charge on any atom is 2.00 e. The van der Waals surface area contributed by atoms with Crippen LogP contribution < -0.4 is 0 Å².